The van der Waals surface area contributed by atoms with E-state index < -0.39 is 5.41 Å². The first kappa shape index (κ1) is 31.0. The first-order valence-corrected chi connectivity index (χ1v) is 19.2. The van der Waals surface area contributed by atoms with Crippen molar-refractivity contribution in [1.29, 1.82) is 0 Å². The maximum atomic E-state index is 6.83. The van der Waals surface area contributed by atoms with E-state index in [1.165, 1.54) is 44.2 Å². The van der Waals surface area contributed by atoms with Gasteiger partial charge in [-0.2, -0.15) is 0 Å². The maximum Gasteiger partial charge on any atom is 0.161 e. The number of benzene rings is 9. The summed E-state index contributed by atoms with van der Waals surface area (Å²) in [7, 11) is 0. The molecule has 260 valence electrons. The van der Waals surface area contributed by atoms with Crippen LogP contribution < -0.4 is 0 Å². The van der Waals surface area contributed by atoms with Crippen LogP contribution in [0.15, 0.2) is 199 Å². The van der Waals surface area contributed by atoms with Crippen LogP contribution >= 0.6 is 0 Å². The number of aromatic nitrogens is 2. The number of nitrogens with zero attached hydrogens (tertiary/aromatic N) is 2. The minimum atomic E-state index is -0.478. The van der Waals surface area contributed by atoms with Crippen LogP contribution in [0.3, 0.4) is 0 Å². The summed E-state index contributed by atoms with van der Waals surface area (Å²) in [6.07, 6.45) is 0. The molecule has 0 saturated heterocycles. The molecule has 0 atom stereocenters. The monoisotopic (exact) mass is 712 g/mol. The van der Waals surface area contributed by atoms with Crippen LogP contribution in [0.2, 0.25) is 0 Å². The Morgan fingerprint density at radius 1 is 0.393 bits per heavy atom. The molecule has 0 fully saturated rings. The fraction of sp³-hybridized carbons (Fsp3) is 0.0189. The third kappa shape index (κ3) is 4.34. The number of fused-ring (bicyclic) bond motifs is 9. The number of hydrogen-bond acceptors (Lipinski definition) is 3. The van der Waals surface area contributed by atoms with Crippen molar-refractivity contribution in [2.45, 2.75) is 5.41 Å². The van der Waals surface area contributed by atoms with E-state index in [1.807, 2.05) is 0 Å². The van der Waals surface area contributed by atoms with Crippen LogP contribution in [0, 0.1) is 0 Å². The van der Waals surface area contributed by atoms with E-state index in [9.17, 15) is 0 Å². The summed E-state index contributed by atoms with van der Waals surface area (Å²) < 4.78 is 6.83. The van der Waals surface area contributed by atoms with Gasteiger partial charge in [-0.05, 0) is 91.3 Å². The first-order valence-electron chi connectivity index (χ1n) is 19.2. The van der Waals surface area contributed by atoms with E-state index >= 15 is 0 Å². The predicted octanol–water partition coefficient (Wildman–Crippen LogP) is 13.5. The van der Waals surface area contributed by atoms with E-state index in [0.717, 1.165) is 60.4 Å². The van der Waals surface area contributed by atoms with Gasteiger partial charge in [0, 0.05) is 27.3 Å². The third-order valence-electron chi connectivity index (χ3n) is 11.9. The Bertz CT molecular complexity index is 3270. The molecule has 12 rings (SSSR count). The van der Waals surface area contributed by atoms with Gasteiger partial charge in [0.05, 0.1) is 16.6 Å². The molecule has 2 aromatic heterocycles. The Labute approximate surface area is 323 Å². The number of rotatable bonds is 4. The molecule has 0 unspecified atom stereocenters. The van der Waals surface area contributed by atoms with E-state index in [-0.39, 0.29) is 0 Å². The zero-order valence-electron chi connectivity index (χ0n) is 30.3. The molecule has 9 aromatic carbocycles. The van der Waals surface area contributed by atoms with Crippen molar-refractivity contribution < 1.29 is 4.42 Å². The summed E-state index contributed by atoms with van der Waals surface area (Å²) in [6, 6.07) is 69.6. The molecule has 0 spiro atoms. The van der Waals surface area contributed by atoms with Gasteiger partial charge >= 0.3 is 0 Å². The Morgan fingerprint density at radius 2 is 1.00 bits per heavy atom. The van der Waals surface area contributed by atoms with E-state index in [1.54, 1.807) is 0 Å². The zero-order valence-corrected chi connectivity index (χ0v) is 30.3. The summed E-state index contributed by atoms with van der Waals surface area (Å²) >= 11 is 0. The molecule has 0 radical (unpaired) electrons. The van der Waals surface area contributed by atoms with Crippen LogP contribution in [0.4, 0.5) is 0 Å². The molecular formula is C53H32N2O. The molecule has 1 aliphatic rings. The number of para-hydroxylation sites is 1. The van der Waals surface area contributed by atoms with Gasteiger partial charge in [0.25, 0.3) is 0 Å². The van der Waals surface area contributed by atoms with E-state index in [2.05, 4.69) is 194 Å². The fourth-order valence-corrected chi connectivity index (χ4v) is 9.52. The molecule has 11 aromatic rings. The lowest BCUT2D eigenvalue weighted by molar-refractivity contribution is 0.669. The minimum Gasteiger partial charge on any atom is -0.456 e. The van der Waals surface area contributed by atoms with Gasteiger partial charge in [-0.3, -0.25) is 0 Å². The molecule has 0 aliphatic heterocycles. The average molecular weight is 713 g/mol. The molecule has 1 aliphatic carbocycles. The summed E-state index contributed by atoms with van der Waals surface area (Å²) in [5.41, 5.74) is 12.5. The van der Waals surface area contributed by atoms with Crippen molar-refractivity contribution in [2.75, 3.05) is 0 Å². The second kappa shape index (κ2) is 11.8. The molecule has 0 saturated carbocycles. The van der Waals surface area contributed by atoms with Crippen LogP contribution in [-0.2, 0) is 5.41 Å². The Hall–Kier alpha value is -7.36. The van der Waals surface area contributed by atoms with Gasteiger partial charge < -0.3 is 4.42 Å². The summed E-state index contributed by atoms with van der Waals surface area (Å²) in [5, 5.41) is 7.79. The van der Waals surface area contributed by atoms with Crippen molar-refractivity contribution in [3.05, 3.63) is 216 Å². The highest BCUT2D eigenvalue weighted by atomic mass is 16.3. The van der Waals surface area contributed by atoms with E-state index in [0.29, 0.717) is 5.82 Å². The van der Waals surface area contributed by atoms with Crippen LogP contribution in [-0.4, -0.2) is 9.97 Å². The molecule has 0 N–H and O–H groups in total. The van der Waals surface area contributed by atoms with E-state index in [4.69, 9.17) is 14.4 Å². The molecule has 0 amide bonds. The van der Waals surface area contributed by atoms with Crippen LogP contribution in [0.5, 0.6) is 0 Å². The largest absolute Gasteiger partial charge is 0.456 e. The van der Waals surface area contributed by atoms with Crippen molar-refractivity contribution in [3.63, 3.8) is 0 Å². The Kier molecular flexibility index (Phi) is 6.55. The summed E-state index contributed by atoms with van der Waals surface area (Å²) in [5.74, 6) is 0.713. The number of furan rings is 1. The zero-order chi connectivity index (χ0) is 36.8. The van der Waals surface area contributed by atoms with Gasteiger partial charge in [-0.25, -0.2) is 9.97 Å². The second-order valence-electron chi connectivity index (χ2n) is 14.8. The molecule has 0 bridgehead atoms. The lowest BCUT2D eigenvalue weighted by Crippen LogP contribution is -2.28. The van der Waals surface area contributed by atoms with Gasteiger partial charge in [0.1, 0.15) is 11.2 Å². The fourth-order valence-electron chi connectivity index (χ4n) is 9.52. The normalized spacial score (nSPS) is 13.1. The average Bonchev–Trinajstić information content (AvgIpc) is 3.77. The molecule has 2 heterocycles. The Morgan fingerprint density at radius 3 is 1.73 bits per heavy atom. The van der Waals surface area contributed by atoms with Gasteiger partial charge in [-0.15, -0.1) is 0 Å². The minimum absolute atomic E-state index is 0.478. The van der Waals surface area contributed by atoms with Crippen molar-refractivity contribution in [2.24, 2.45) is 0 Å². The third-order valence-corrected chi connectivity index (χ3v) is 11.9. The highest BCUT2D eigenvalue weighted by Crippen LogP contribution is 2.57. The van der Waals surface area contributed by atoms with Gasteiger partial charge in [0.2, 0.25) is 0 Å². The SMILES string of the molecule is c1ccc(C2(c3ccccc3)c3ccccc3-c3cc4oc5cc(-c6nc(-c7c8ccccc8cc8ccccc78)nc7ccccc67)ccc5c4cc32)cc1. The molecule has 3 nitrogen and oxygen atoms in total. The van der Waals surface area contributed by atoms with Crippen molar-refractivity contribution in [3.8, 4) is 33.8 Å². The molecule has 3 heteroatoms. The van der Waals surface area contributed by atoms with Gasteiger partial charge in [-0.1, -0.05) is 158 Å². The first-order chi connectivity index (χ1) is 27.8. The summed E-state index contributed by atoms with van der Waals surface area (Å²) in [4.78, 5) is 10.6. The number of hydrogen-bond donors (Lipinski definition) is 0. The smallest absolute Gasteiger partial charge is 0.161 e. The van der Waals surface area contributed by atoms with Crippen molar-refractivity contribution in [1.82, 2.24) is 9.97 Å². The molecular weight excluding hydrogens is 681 g/mol. The topological polar surface area (TPSA) is 38.9 Å². The maximum absolute atomic E-state index is 6.83. The summed E-state index contributed by atoms with van der Waals surface area (Å²) in [6.45, 7) is 0. The standard InChI is InChI=1S/C53H32N2O/c1-3-17-36(18-4-1)53(37-19-5-2-6-20-37)45-25-13-11-23-40(45)43-32-49-44(31-46(43)53)41-28-27-35(30-48(41)56-49)51-42-24-12-14-26-47(42)54-52(55-51)50-38-21-9-7-15-33(38)29-34-16-8-10-22-39(34)50/h1-32H. The van der Waals surface area contributed by atoms with Crippen LogP contribution in [0.25, 0.3) is 88.2 Å². The predicted molar refractivity (Wildman–Crippen MR) is 230 cm³/mol. The highest BCUT2D eigenvalue weighted by molar-refractivity contribution is 6.13. The quantitative estimate of drug-likeness (QED) is 0.171. The molecule has 56 heavy (non-hydrogen) atoms. The van der Waals surface area contributed by atoms with Crippen LogP contribution in [0.1, 0.15) is 22.3 Å². The lowest BCUT2D eigenvalue weighted by atomic mass is 9.67. The highest BCUT2D eigenvalue weighted by Gasteiger charge is 2.46. The lowest BCUT2D eigenvalue weighted by Gasteiger charge is -2.33. The second-order valence-corrected chi connectivity index (χ2v) is 14.8. The Balaban J connectivity index is 1.09. The van der Waals surface area contributed by atoms with Crippen molar-refractivity contribution >= 4 is 54.4 Å². The van der Waals surface area contributed by atoms with Gasteiger partial charge in [0.15, 0.2) is 5.82 Å².